The van der Waals surface area contributed by atoms with Gasteiger partial charge in [-0.15, -0.1) is 0 Å². The molecule has 0 atom stereocenters. The van der Waals surface area contributed by atoms with Crippen LogP contribution in [0.4, 0.5) is 0 Å². The van der Waals surface area contributed by atoms with E-state index in [9.17, 15) is 0 Å². The average Bonchev–Trinajstić information content (AvgIpc) is 3.66. The lowest BCUT2D eigenvalue weighted by Crippen LogP contribution is -1.96. The van der Waals surface area contributed by atoms with Crippen LogP contribution in [0.5, 0.6) is 0 Å². The molecule has 1 aliphatic rings. The SMILES string of the molecule is c1ccc2c3c(ccc2c1)-c1ccc(-c2nc(-c4ccc5c(ccc6c7ccccc7oc56)c4)c4ccccc4n2)cc1C3. The highest BCUT2D eigenvalue weighted by molar-refractivity contribution is 6.15. The maximum atomic E-state index is 6.32. The molecule has 0 N–H and O–H groups in total. The van der Waals surface area contributed by atoms with Crippen molar-refractivity contribution in [1.82, 2.24) is 9.97 Å². The molecule has 10 rings (SSSR count). The molecule has 3 heteroatoms. The van der Waals surface area contributed by atoms with E-state index in [4.69, 9.17) is 14.4 Å². The van der Waals surface area contributed by atoms with Gasteiger partial charge in [0.1, 0.15) is 11.2 Å². The van der Waals surface area contributed by atoms with Crippen molar-refractivity contribution >= 4 is 54.4 Å². The van der Waals surface area contributed by atoms with Crippen molar-refractivity contribution in [3.8, 4) is 33.8 Å². The third-order valence-electron chi connectivity index (χ3n) is 9.30. The Morgan fingerprint density at radius 3 is 2.20 bits per heavy atom. The predicted octanol–water partition coefficient (Wildman–Crippen LogP) is 10.7. The number of rotatable bonds is 2. The molecule has 0 fully saturated rings. The van der Waals surface area contributed by atoms with Gasteiger partial charge in [-0.25, -0.2) is 9.97 Å². The minimum atomic E-state index is 0.746. The van der Waals surface area contributed by atoms with Crippen LogP contribution in [-0.4, -0.2) is 9.97 Å². The van der Waals surface area contributed by atoms with Gasteiger partial charge in [-0.2, -0.15) is 0 Å². The van der Waals surface area contributed by atoms with Gasteiger partial charge in [0.25, 0.3) is 0 Å². The van der Waals surface area contributed by atoms with Gasteiger partial charge in [0.05, 0.1) is 11.2 Å². The Bertz CT molecular complexity index is 2650. The summed E-state index contributed by atoms with van der Waals surface area (Å²) in [5.74, 6) is 0.746. The Kier molecular flexibility index (Phi) is 4.77. The van der Waals surface area contributed by atoms with E-state index >= 15 is 0 Å². The molecule has 0 saturated carbocycles. The highest BCUT2D eigenvalue weighted by Gasteiger charge is 2.22. The molecule has 7 aromatic carbocycles. The molecule has 0 unspecified atom stereocenters. The molecule has 0 spiro atoms. The monoisotopic (exact) mass is 560 g/mol. The van der Waals surface area contributed by atoms with Crippen LogP contribution >= 0.6 is 0 Å². The van der Waals surface area contributed by atoms with E-state index < -0.39 is 0 Å². The maximum Gasteiger partial charge on any atom is 0.160 e. The third-order valence-corrected chi connectivity index (χ3v) is 9.30. The first-order valence-corrected chi connectivity index (χ1v) is 15.0. The number of para-hydroxylation sites is 2. The molecule has 0 saturated heterocycles. The molecule has 0 bridgehead atoms. The first-order valence-electron chi connectivity index (χ1n) is 15.0. The normalized spacial score (nSPS) is 12.5. The van der Waals surface area contributed by atoms with Gasteiger partial charge in [-0.3, -0.25) is 0 Å². The van der Waals surface area contributed by atoms with Crippen LogP contribution in [0.15, 0.2) is 138 Å². The number of hydrogen-bond acceptors (Lipinski definition) is 3. The van der Waals surface area contributed by atoms with Crippen molar-refractivity contribution in [2.24, 2.45) is 0 Å². The van der Waals surface area contributed by atoms with Gasteiger partial charge in [0.2, 0.25) is 0 Å². The van der Waals surface area contributed by atoms with E-state index in [-0.39, 0.29) is 0 Å². The van der Waals surface area contributed by atoms with Crippen molar-refractivity contribution in [3.05, 3.63) is 145 Å². The van der Waals surface area contributed by atoms with Gasteiger partial charge in [0, 0.05) is 32.7 Å². The molecular weight excluding hydrogens is 536 g/mol. The Morgan fingerprint density at radius 1 is 0.500 bits per heavy atom. The highest BCUT2D eigenvalue weighted by Crippen LogP contribution is 2.42. The minimum Gasteiger partial charge on any atom is -0.455 e. The van der Waals surface area contributed by atoms with Crippen LogP contribution in [-0.2, 0) is 6.42 Å². The van der Waals surface area contributed by atoms with E-state index in [2.05, 4.69) is 115 Å². The van der Waals surface area contributed by atoms with Gasteiger partial charge in [-0.1, -0.05) is 97.1 Å². The van der Waals surface area contributed by atoms with E-state index in [1.54, 1.807) is 0 Å². The fourth-order valence-electron chi connectivity index (χ4n) is 7.20. The summed E-state index contributed by atoms with van der Waals surface area (Å²) in [5.41, 5.74) is 11.2. The van der Waals surface area contributed by atoms with Crippen molar-refractivity contribution in [1.29, 1.82) is 0 Å². The first-order chi connectivity index (χ1) is 21.8. The fraction of sp³-hybridized carbons (Fsp3) is 0.0244. The molecule has 204 valence electrons. The molecule has 44 heavy (non-hydrogen) atoms. The van der Waals surface area contributed by atoms with E-state index in [0.717, 1.165) is 72.7 Å². The summed E-state index contributed by atoms with van der Waals surface area (Å²) in [7, 11) is 0. The zero-order valence-electron chi connectivity index (χ0n) is 23.7. The standard InChI is InChI=1S/C41H24N2O/c1-2-8-29-24(7-1)13-19-32-30-17-16-27(22-28(30)23-36(29)32)41-42-37-11-5-3-10-35(37)39(43-41)26-15-18-31-25(21-26)14-20-34-33-9-4-6-12-38(33)44-40(31)34/h1-22H,23H2. The Morgan fingerprint density at radius 2 is 1.25 bits per heavy atom. The van der Waals surface area contributed by atoms with Crippen LogP contribution in [0.25, 0.3) is 88.2 Å². The highest BCUT2D eigenvalue weighted by atomic mass is 16.3. The van der Waals surface area contributed by atoms with Crippen LogP contribution in [0.2, 0.25) is 0 Å². The van der Waals surface area contributed by atoms with Crippen LogP contribution in [0, 0.1) is 0 Å². The van der Waals surface area contributed by atoms with Crippen LogP contribution < -0.4 is 0 Å². The molecule has 1 aliphatic carbocycles. The molecular formula is C41H24N2O. The van der Waals surface area contributed by atoms with Gasteiger partial charge >= 0.3 is 0 Å². The molecule has 0 aliphatic heterocycles. The molecule has 3 nitrogen and oxygen atoms in total. The topological polar surface area (TPSA) is 38.9 Å². The third kappa shape index (κ3) is 3.38. The van der Waals surface area contributed by atoms with Crippen LogP contribution in [0.3, 0.4) is 0 Å². The largest absolute Gasteiger partial charge is 0.455 e. The lowest BCUT2D eigenvalue weighted by Gasteiger charge is -2.11. The van der Waals surface area contributed by atoms with Gasteiger partial charge < -0.3 is 4.42 Å². The quantitative estimate of drug-likeness (QED) is 0.211. The summed E-state index contributed by atoms with van der Waals surface area (Å²) in [6.45, 7) is 0. The second kappa shape index (κ2) is 8.85. The van der Waals surface area contributed by atoms with Crippen molar-refractivity contribution in [3.63, 3.8) is 0 Å². The van der Waals surface area contributed by atoms with Gasteiger partial charge in [-0.05, 0) is 81.2 Å². The number of furan rings is 1. The Balaban J connectivity index is 1.12. The number of nitrogens with zero attached hydrogens (tertiary/aromatic N) is 2. The second-order valence-corrected chi connectivity index (χ2v) is 11.8. The number of benzene rings is 7. The summed E-state index contributed by atoms with van der Waals surface area (Å²) >= 11 is 0. The van der Waals surface area contributed by atoms with Crippen molar-refractivity contribution < 1.29 is 4.42 Å². The lowest BCUT2D eigenvalue weighted by atomic mass is 9.99. The minimum absolute atomic E-state index is 0.746. The summed E-state index contributed by atoms with van der Waals surface area (Å²) in [6.07, 6.45) is 0.918. The molecule has 0 radical (unpaired) electrons. The first kappa shape index (κ1) is 23.7. The maximum absolute atomic E-state index is 6.32. The smallest absolute Gasteiger partial charge is 0.160 e. The molecule has 0 amide bonds. The van der Waals surface area contributed by atoms with E-state index in [1.165, 1.54) is 33.0 Å². The average molecular weight is 561 g/mol. The van der Waals surface area contributed by atoms with Crippen LogP contribution in [0.1, 0.15) is 11.1 Å². The number of hydrogen-bond donors (Lipinski definition) is 0. The summed E-state index contributed by atoms with van der Waals surface area (Å²) in [6, 6.07) is 47.4. The Hall–Kier alpha value is -5.80. The predicted molar refractivity (Wildman–Crippen MR) is 181 cm³/mol. The van der Waals surface area contributed by atoms with E-state index in [0.29, 0.717) is 0 Å². The van der Waals surface area contributed by atoms with E-state index in [1.807, 2.05) is 18.2 Å². The summed E-state index contributed by atoms with van der Waals surface area (Å²) in [4.78, 5) is 10.3. The second-order valence-electron chi connectivity index (χ2n) is 11.8. The summed E-state index contributed by atoms with van der Waals surface area (Å²) in [5, 5.41) is 8.18. The zero-order chi connectivity index (χ0) is 28.8. The Labute approximate surface area is 253 Å². The summed E-state index contributed by atoms with van der Waals surface area (Å²) < 4.78 is 6.32. The number of fused-ring (bicyclic) bond motifs is 11. The van der Waals surface area contributed by atoms with Crippen molar-refractivity contribution in [2.45, 2.75) is 6.42 Å². The fourth-order valence-corrected chi connectivity index (χ4v) is 7.20. The zero-order valence-corrected chi connectivity index (χ0v) is 23.7. The lowest BCUT2D eigenvalue weighted by molar-refractivity contribution is 0.672. The molecule has 9 aromatic rings. The number of aromatic nitrogens is 2. The van der Waals surface area contributed by atoms with Crippen molar-refractivity contribution in [2.75, 3.05) is 0 Å². The molecule has 2 aromatic heterocycles. The van der Waals surface area contributed by atoms with Gasteiger partial charge in [0.15, 0.2) is 5.82 Å². The molecule has 2 heterocycles.